The first-order chi connectivity index (χ1) is 13.1. The minimum atomic E-state index is -0.323. The molecule has 2 N–H and O–H groups in total. The van der Waals surface area contributed by atoms with Gasteiger partial charge in [-0.05, 0) is 48.4 Å². The number of carbonyl (C=O) groups excluding carboxylic acids is 1. The largest absolute Gasteiger partial charge is 0.495 e. The van der Waals surface area contributed by atoms with Gasteiger partial charge in [-0.1, -0.05) is 11.6 Å². The lowest BCUT2D eigenvalue weighted by molar-refractivity contribution is 0.102. The summed E-state index contributed by atoms with van der Waals surface area (Å²) in [5, 5.41) is 6.64. The first-order valence-corrected chi connectivity index (χ1v) is 8.69. The molecule has 0 radical (unpaired) electrons. The normalized spacial score (nSPS) is 10.3. The summed E-state index contributed by atoms with van der Waals surface area (Å²) in [7, 11) is 1.53. The van der Waals surface area contributed by atoms with Gasteiger partial charge in [0.1, 0.15) is 11.4 Å². The Morgan fingerprint density at radius 2 is 1.96 bits per heavy atom. The molecule has 0 saturated heterocycles. The highest BCUT2D eigenvalue weighted by molar-refractivity contribution is 6.31. The average molecular weight is 383 g/mol. The van der Waals surface area contributed by atoms with Crippen LogP contribution in [0.1, 0.15) is 21.6 Å². The van der Waals surface area contributed by atoms with Gasteiger partial charge in [-0.3, -0.25) is 9.78 Å². The lowest BCUT2D eigenvalue weighted by atomic mass is 10.2. The van der Waals surface area contributed by atoms with Crippen molar-refractivity contribution in [3.05, 3.63) is 76.8 Å². The number of anilines is 2. The van der Waals surface area contributed by atoms with Gasteiger partial charge in [-0.2, -0.15) is 0 Å². The molecule has 1 amide bonds. The molecule has 3 rings (SSSR count). The summed E-state index contributed by atoms with van der Waals surface area (Å²) in [5.74, 6) is 0.172. The van der Waals surface area contributed by atoms with Crippen molar-refractivity contribution in [3.63, 3.8) is 0 Å². The summed E-state index contributed by atoms with van der Waals surface area (Å²) in [6, 6.07) is 10.8. The Morgan fingerprint density at radius 1 is 1.19 bits per heavy atom. The highest BCUT2D eigenvalue weighted by atomic mass is 35.5. The van der Waals surface area contributed by atoms with Crippen LogP contribution >= 0.6 is 11.6 Å². The SMILES string of the molecule is COc1cc(Cl)c(C)cc1NC(=O)c1ccc(NCc2ccncc2)cn1. The van der Waals surface area contributed by atoms with E-state index < -0.39 is 0 Å². The molecule has 2 aromatic heterocycles. The molecule has 27 heavy (non-hydrogen) atoms. The fourth-order valence-corrected chi connectivity index (χ4v) is 2.61. The number of pyridine rings is 2. The number of aryl methyl sites for hydroxylation is 1. The highest BCUT2D eigenvalue weighted by Gasteiger charge is 2.13. The molecule has 3 aromatic rings. The van der Waals surface area contributed by atoms with Gasteiger partial charge in [-0.25, -0.2) is 4.98 Å². The van der Waals surface area contributed by atoms with Gasteiger partial charge in [-0.15, -0.1) is 0 Å². The van der Waals surface area contributed by atoms with Gasteiger partial charge in [0.25, 0.3) is 5.91 Å². The first-order valence-electron chi connectivity index (χ1n) is 8.31. The second kappa shape index (κ2) is 8.51. The molecule has 7 heteroatoms. The summed E-state index contributed by atoms with van der Waals surface area (Å²) in [6.45, 7) is 2.51. The molecule has 0 atom stereocenters. The van der Waals surface area contributed by atoms with E-state index in [2.05, 4.69) is 20.6 Å². The third-order valence-corrected chi connectivity index (χ3v) is 4.38. The number of benzene rings is 1. The van der Waals surface area contributed by atoms with Crippen molar-refractivity contribution in [1.82, 2.24) is 9.97 Å². The molecule has 0 unspecified atom stereocenters. The van der Waals surface area contributed by atoms with E-state index in [4.69, 9.17) is 16.3 Å². The molecule has 0 fully saturated rings. The van der Waals surface area contributed by atoms with Gasteiger partial charge < -0.3 is 15.4 Å². The van der Waals surface area contributed by atoms with Crippen molar-refractivity contribution in [3.8, 4) is 5.75 Å². The predicted octanol–water partition coefficient (Wildman–Crippen LogP) is 4.31. The van der Waals surface area contributed by atoms with Crippen LogP contribution in [0.15, 0.2) is 55.0 Å². The second-order valence-electron chi connectivity index (χ2n) is 5.90. The molecule has 0 spiro atoms. The molecule has 0 aliphatic carbocycles. The standard InChI is InChI=1S/C20H19ClN4O2/c1-13-9-18(19(27-2)10-16(13)21)25-20(26)17-4-3-15(12-24-17)23-11-14-5-7-22-8-6-14/h3-10,12,23H,11H2,1-2H3,(H,25,26). The smallest absolute Gasteiger partial charge is 0.274 e. The van der Waals surface area contributed by atoms with Crippen LogP contribution in [0.25, 0.3) is 0 Å². The monoisotopic (exact) mass is 382 g/mol. The number of nitrogens with zero attached hydrogens (tertiary/aromatic N) is 2. The van der Waals surface area contributed by atoms with Crippen LogP contribution < -0.4 is 15.4 Å². The number of ether oxygens (including phenoxy) is 1. The van der Waals surface area contributed by atoms with E-state index in [1.54, 1.807) is 36.8 Å². The van der Waals surface area contributed by atoms with Gasteiger partial charge in [0.05, 0.1) is 24.7 Å². The number of hydrogen-bond donors (Lipinski definition) is 2. The molecule has 138 valence electrons. The van der Waals surface area contributed by atoms with Crippen molar-refractivity contribution < 1.29 is 9.53 Å². The van der Waals surface area contributed by atoms with E-state index in [1.807, 2.05) is 25.1 Å². The van der Waals surface area contributed by atoms with E-state index in [9.17, 15) is 4.79 Å². The van der Waals surface area contributed by atoms with Crippen LogP contribution in [0.5, 0.6) is 5.75 Å². The predicted molar refractivity (Wildman–Crippen MR) is 106 cm³/mol. The number of rotatable bonds is 6. The minimum absolute atomic E-state index is 0.305. The molecule has 2 heterocycles. The van der Waals surface area contributed by atoms with E-state index in [0.717, 1.165) is 16.8 Å². The van der Waals surface area contributed by atoms with Crippen LogP contribution in [0.4, 0.5) is 11.4 Å². The molecular formula is C20H19ClN4O2. The van der Waals surface area contributed by atoms with Crippen LogP contribution in [-0.2, 0) is 6.54 Å². The van der Waals surface area contributed by atoms with E-state index in [-0.39, 0.29) is 5.91 Å². The number of halogens is 1. The van der Waals surface area contributed by atoms with Gasteiger partial charge in [0.15, 0.2) is 0 Å². The first kappa shape index (κ1) is 18.7. The van der Waals surface area contributed by atoms with Gasteiger partial charge in [0.2, 0.25) is 0 Å². The van der Waals surface area contributed by atoms with Gasteiger partial charge in [0, 0.05) is 30.0 Å². The topological polar surface area (TPSA) is 76.1 Å². The van der Waals surface area contributed by atoms with Crippen LogP contribution in [0.2, 0.25) is 5.02 Å². The number of hydrogen-bond acceptors (Lipinski definition) is 5. The maximum atomic E-state index is 12.5. The maximum Gasteiger partial charge on any atom is 0.274 e. The zero-order chi connectivity index (χ0) is 19.2. The van der Waals surface area contributed by atoms with Crippen LogP contribution in [0, 0.1) is 6.92 Å². The molecule has 0 aliphatic rings. The van der Waals surface area contributed by atoms with E-state index >= 15 is 0 Å². The van der Waals surface area contributed by atoms with Gasteiger partial charge >= 0.3 is 0 Å². The molecule has 0 bridgehead atoms. The van der Waals surface area contributed by atoms with Crippen molar-refractivity contribution in [2.24, 2.45) is 0 Å². The molecular weight excluding hydrogens is 364 g/mol. The maximum absolute atomic E-state index is 12.5. The molecule has 0 saturated carbocycles. The number of amides is 1. The summed E-state index contributed by atoms with van der Waals surface area (Å²) in [6.07, 6.45) is 5.12. The highest BCUT2D eigenvalue weighted by Crippen LogP contribution is 2.31. The summed E-state index contributed by atoms with van der Waals surface area (Å²) < 4.78 is 5.28. The van der Waals surface area contributed by atoms with Crippen molar-refractivity contribution >= 4 is 28.9 Å². The Kier molecular flexibility index (Phi) is 5.88. The lowest BCUT2D eigenvalue weighted by Crippen LogP contribution is -2.14. The number of nitrogens with one attached hydrogen (secondary N) is 2. The Balaban J connectivity index is 1.66. The van der Waals surface area contributed by atoms with E-state index in [1.165, 1.54) is 7.11 Å². The number of aromatic nitrogens is 2. The molecule has 6 nitrogen and oxygen atoms in total. The molecule has 1 aromatic carbocycles. The van der Waals surface area contributed by atoms with Crippen molar-refractivity contribution in [1.29, 1.82) is 0 Å². The third-order valence-electron chi connectivity index (χ3n) is 3.97. The second-order valence-corrected chi connectivity index (χ2v) is 6.30. The zero-order valence-corrected chi connectivity index (χ0v) is 15.7. The Labute approximate surface area is 162 Å². The third kappa shape index (κ3) is 4.74. The summed E-state index contributed by atoms with van der Waals surface area (Å²) in [4.78, 5) is 20.7. The average Bonchev–Trinajstić information content (AvgIpc) is 2.70. The Bertz CT molecular complexity index is 931. The fourth-order valence-electron chi connectivity index (χ4n) is 2.45. The van der Waals surface area contributed by atoms with Crippen LogP contribution in [0.3, 0.4) is 0 Å². The fraction of sp³-hybridized carbons (Fsp3) is 0.150. The van der Waals surface area contributed by atoms with Crippen molar-refractivity contribution in [2.45, 2.75) is 13.5 Å². The summed E-state index contributed by atoms with van der Waals surface area (Å²) in [5.41, 5.74) is 3.63. The summed E-state index contributed by atoms with van der Waals surface area (Å²) >= 11 is 6.09. The van der Waals surface area contributed by atoms with E-state index in [0.29, 0.717) is 28.7 Å². The quantitative estimate of drug-likeness (QED) is 0.664. The minimum Gasteiger partial charge on any atom is -0.495 e. The van der Waals surface area contributed by atoms with Crippen molar-refractivity contribution in [2.75, 3.05) is 17.7 Å². The number of methoxy groups -OCH3 is 1. The lowest BCUT2D eigenvalue weighted by Gasteiger charge is -2.12. The van der Waals surface area contributed by atoms with Crippen LogP contribution in [-0.4, -0.2) is 23.0 Å². The Morgan fingerprint density at radius 3 is 2.63 bits per heavy atom. The Hall–Kier alpha value is -3.12. The zero-order valence-electron chi connectivity index (χ0n) is 15.0. The number of carbonyl (C=O) groups is 1. The molecule has 0 aliphatic heterocycles.